The van der Waals surface area contributed by atoms with Crippen LogP contribution in [0.25, 0.3) is 22.3 Å². The van der Waals surface area contributed by atoms with Crippen LogP contribution in [0.15, 0.2) is 72.8 Å². The molecule has 35 heavy (non-hydrogen) atoms. The van der Waals surface area contributed by atoms with Gasteiger partial charge in [0.25, 0.3) is 0 Å². The summed E-state index contributed by atoms with van der Waals surface area (Å²) in [7, 11) is 0. The van der Waals surface area contributed by atoms with Gasteiger partial charge in [0.15, 0.2) is 23.2 Å². The van der Waals surface area contributed by atoms with Crippen LogP contribution < -0.4 is 4.74 Å². The third kappa shape index (κ3) is 4.66. The molecule has 0 spiro atoms. The summed E-state index contributed by atoms with van der Waals surface area (Å²) in [6.45, 7) is 2.39. The van der Waals surface area contributed by atoms with Crippen LogP contribution in [0.4, 0.5) is 17.6 Å². The lowest BCUT2D eigenvalue weighted by Gasteiger charge is -2.11. The van der Waals surface area contributed by atoms with Crippen LogP contribution in [0.5, 0.6) is 5.75 Å². The number of aryl methyl sites for hydroxylation is 1. The lowest BCUT2D eigenvalue weighted by Crippen LogP contribution is -2.01. The smallest absolute Gasteiger partial charge is 0.201 e. The maximum Gasteiger partial charge on any atom is 0.201 e. The number of epoxide rings is 1. The highest BCUT2D eigenvalue weighted by Gasteiger charge is 2.30. The molecule has 1 saturated heterocycles. The van der Waals surface area contributed by atoms with E-state index in [1.54, 1.807) is 48.5 Å². The summed E-state index contributed by atoms with van der Waals surface area (Å²) in [6, 6.07) is 19.9. The molecule has 4 aromatic rings. The highest BCUT2D eigenvalue weighted by molar-refractivity contribution is 5.72. The molecule has 0 aliphatic carbocycles. The number of hydrogen-bond donors (Lipinski definition) is 0. The van der Waals surface area contributed by atoms with E-state index in [4.69, 9.17) is 9.47 Å². The van der Waals surface area contributed by atoms with Crippen molar-refractivity contribution < 1.29 is 27.0 Å². The Bertz CT molecular complexity index is 1360. The summed E-state index contributed by atoms with van der Waals surface area (Å²) in [5.74, 6) is -4.06. The van der Waals surface area contributed by atoms with Crippen LogP contribution in [0.1, 0.15) is 29.7 Å². The molecule has 0 saturated carbocycles. The van der Waals surface area contributed by atoms with E-state index in [1.807, 2.05) is 19.1 Å². The summed E-state index contributed by atoms with van der Waals surface area (Å²) >= 11 is 0. The van der Waals surface area contributed by atoms with Gasteiger partial charge in [0.1, 0.15) is 12.7 Å². The minimum absolute atomic E-state index is 0.0144. The molecule has 0 radical (unpaired) electrons. The molecular weight excluding hydrogens is 456 g/mol. The van der Waals surface area contributed by atoms with E-state index in [0.717, 1.165) is 12.0 Å². The predicted octanol–water partition coefficient (Wildman–Crippen LogP) is 7.79. The summed E-state index contributed by atoms with van der Waals surface area (Å²) in [5, 5.41) is 0. The maximum atomic E-state index is 14.9. The second kappa shape index (κ2) is 9.55. The van der Waals surface area contributed by atoms with Gasteiger partial charge < -0.3 is 9.47 Å². The van der Waals surface area contributed by atoms with Crippen LogP contribution in [0.3, 0.4) is 0 Å². The van der Waals surface area contributed by atoms with Crippen molar-refractivity contribution in [3.05, 3.63) is 113 Å². The van der Waals surface area contributed by atoms with Crippen molar-refractivity contribution in [2.24, 2.45) is 0 Å². The average molecular weight is 478 g/mol. The fourth-order valence-corrected chi connectivity index (χ4v) is 3.99. The number of hydrogen-bond acceptors (Lipinski definition) is 2. The number of benzene rings is 4. The van der Waals surface area contributed by atoms with Gasteiger partial charge in [-0.25, -0.2) is 13.2 Å². The third-order valence-corrected chi connectivity index (χ3v) is 6.17. The fraction of sp³-hybridized carbons (Fsp3) is 0.172. The maximum absolute atomic E-state index is 14.9. The van der Waals surface area contributed by atoms with Crippen LogP contribution in [0, 0.1) is 23.3 Å². The van der Waals surface area contributed by atoms with Crippen molar-refractivity contribution in [1.29, 1.82) is 0 Å². The number of ether oxygens (including phenoxy) is 2. The average Bonchev–Trinajstić information content (AvgIpc) is 3.72. The molecule has 1 atom stereocenters. The summed E-state index contributed by atoms with van der Waals surface area (Å²) < 4.78 is 68.7. The second-order valence-electron chi connectivity index (χ2n) is 8.43. The van der Waals surface area contributed by atoms with Crippen molar-refractivity contribution in [3.8, 4) is 28.0 Å². The summed E-state index contributed by atoms with van der Waals surface area (Å²) in [5.41, 5.74) is 3.40. The first-order chi connectivity index (χ1) is 17.0. The molecule has 0 N–H and O–H groups in total. The molecule has 4 aromatic carbocycles. The lowest BCUT2D eigenvalue weighted by molar-refractivity contribution is 0.283. The SMILES string of the molecule is CCc1ccc(-c2ccc(-c3ccc(COc4ccc(C5CO5)c(F)c4F)cc3)c(F)c2F)cc1. The van der Waals surface area contributed by atoms with E-state index in [0.29, 0.717) is 23.3 Å². The van der Waals surface area contributed by atoms with Gasteiger partial charge in [-0.2, -0.15) is 4.39 Å². The van der Waals surface area contributed by atoms with E-state index >= 15 is 0 Å². The first-order valence-corrected chi connectivity index (χ1v) is 11.3. The molecule has 5 rings (SSSR count). The van der Waals surface area contributed by atoms with Crippen LogP contribution >= 0.6 is 0 Å². The zero-order valence-electron chi connectivity index (χ0n) is 19.0. The van der Waals surface area contributed by atoms with E-state index in [2.05, 4.69) is 0 Å². The van der Waals surface area contributed by atoms with Gasteiger partial charge in [-0.1, -0.05) is 67.6 Å². The van der Waals surface area contributed by atoms with Crippen molar-refractivity contribution >= 4 is 0 Å². The topological polar surface area (TPSA) is 21.8 Å². The van der Waals surface area contributed by atoms with Gasteiger partial charge in [0, 0.05) is 16.7 Å². The van der Waals surface area contributed by atoms with E-state index in [-0.39, 0.29) is 29.0 Å². The van der Waals surface area contributed by atoms with Crippen LogP contribution in [0.2, 0.25) is 0 Å². The molecule has 1 heterocycles. The molecule has 0 bridgehead atoms. The first kappa shape index (κ1) is 23.1. The summed E-state index contributed by atoms with van der Waals surface area (Å²) in [6.07, 6.45) is 0.470. The van der Waals surface area contributed by atoms with Gasteiger partial charge in [0.2, 0.25) is 5.82 Å². The van der Waals surface area contributed by atoms with Gasteiger partial charge in [-0.15, -0.1) is 0 Å². The Balaban J connectivity index is 1.31. The standard InChI is InChI=1S/C29H22F4O2/c1-2-17-3-7-19(8-4-17)21-11-12-22(27(31)26(21)30)20-9-5-18(6-10-20)15-34-24-14-13-23(25-16-35-25)28(32)29(24)33/h3-14,25H,2,15-16H2,1H3. The molecule has 6 heteroatoms. The lowest BCUT2D eigenvalue weighted by atomic mass is 9.97. The largest absolute Gasteiger partial charge is 0.486 e. The molecule has 2 nitrogen and oxygen atoms in total. The first-order valence-electron chi connectivity index (χ1n) is 11.3. The number of rotatable bonds is 7. The fourth-order valence-electron chi connectivity index (χ4n) is 3.99. The zero-order valence-corrected chi connectivity index (χ0v) is 19.0. The molecular formula is C29H22F4O2. The van der Waals surface area contributed by atoms with Gasteiger partial charge in [0.05, 0.1) is 6.61 Å². The molecule has 1 aliphatic rings. The van der Waals surface area contributed by atoms with Gasteiger partial charge in [-0.3, -0.25) is 0 Å². The van der Waals surface area contributed by atoms with Crippen molar-refractivity contribution in [1.82, 2.24) is 0 Å². The molecule has 0 aromatic heterocycles. The summed E-state index contributed by atoms with van der Waals surface area (Å²) in [4.78, 5) is 0. The predicted molar refractivity (Wildman–Crippen MR) is 126 cm³/mol. The third-order valence-electron chi connectivity index (χ3n) is 6.17. The molecule has 1 unspecified atom stereocenters. The Morgan fingerprint density at radius 2 is 1.23 bits per heavy atom. The number of halogens is 4. The Morgan fingerprint density at radius 3 is 1.74 bits per heavy atom. The molecule has 178 valence electrons. The minimum atomic E-state index is -1.06. The highest BCUT2D eigenvalue weighted by Crippen LogP contribution is 2.35. The quantitative estimate of drug-likeness (QED) is 0.200. The van der Waals surface area contributed by atoms with E-state index < -0.39 is 29.4 Å². The Morgan fingerprint density at radius 1 is 0.686 bits per heavy atom. The normalized spacial score (nSPS) is 14.7. The Kier molecular flexibility index (Phi) is 6.31. The van der Waals surface area contributed by atoms with Gasteiger partial charge >= 0.3 is 0 Å². The van der Waals surface area contributed by atoms with E-state index in [9.17, 15) is 17.6 Å². The second-order valence-corrected chi connectivity index (χ2v) is 8.43. The molecule has 0 amide bonds. The Labute approximate surface area is 200 Å². The van der Waals surface area contributed by atoms with Crippen molar-refractivity contribution in [2.75, 3.05) is 6.61 Å². The van der Waals surface area contributed by atoms with Gasteiger partial charge in [-0.05, 0) is 40.8 Å². The van der Waals surface area contributed by atoms with Crippen molar-refractivity contribution in [3.63, 3.8) is 0 Å². The molecule has 1 aliphatic heterocycles. The van der Waals surface area contributed by atoms with E-state index in [1.165, 1.54) is 12.1 Å². The monoisotopic (exact) mass is 478 g/mol. The van der Waals surface area contributed by atoms with Crippen LogP contribution in [-0.2, 0) is 17.8 Å². The van der Waals surface area contributed by atoms with Crippen molar-refractivity contribution in [2.45, 2.75) is 26.1 Å². The minimum Gasteiger partial charge on any atom is -0.486 e. The zero-order chi connectivity index (χ0) is 24.5. The van der Waals surface area contributed by atoms with Crippen LogP contribution in [-0.4, -0.2) is 6.61 Å². The highest BCUT2D eigenvalue weighted by atomic mass is 19.2. The Hall–Kier alpha value is -3.64. The molecule has 1 fully saturated rings.